The molecule has 1 saturated carbocycles. The lowest BCUT2D eigenvalue weighted by Crippen LogP contribution is -2.28. The van der Waals surface area contributed by atoms with Crippen molar-refractivity contribution in [2.75, 3.05) is 16.8 Å². The van der Waals surface area contributed by atoms with Crippen LogP contribution in [-0.2, 0) is 4.79 Å². The van der Waals surface area contributed by atoms with Gasteiger partial charge in [-0.1, -0.05) is 18.6 Å². The van der Waals surface area contributed by atoms with E-state index in [9.17, 15) is 4.79 Å². The van der Waals surface area contributed by atoms with Gasteiger partial charge in [0.15, 0.2) is 0 Å². The summed E-state index contributed by atoms with van der Waals surface area (Å²) in [5, 5.41) is 3.04. The number of carbonyl (C=O) groups is 1. The summed E-state index contributed by atoms with van der Waals surface area (Å²) in [6.45, 7) is 0. The van der Waals surface area contributed by atoms with E-state index in [1.165, 1.54) is 17.1 Å². The third-order valence-corrected chi connectivity index (χ3v) is 7.33. The molecule has 3 N–H and O–H groups in total. The van der Waals surface area contributed by atoms with Crippen molar-refractivity contribution in [3.8, 4) is 0 Å². The van der Waals surface area contributed by atoms with Crippen molar-refractivity contribution in [1.29, 1.82) is 0 Å². The highest BCUT2D eigenvalue weighted by atomic mass is 35.5. The molecule has 1 saturated heterocycles. The molecule has 122 valence electrons. The Morgan fingerprint density at radius 2 is 2.05 bits per heavy atom. The quantitative estimate of drug-likeness (QED) is 0.852. The fraction of sp³-hybridized carbons (Fsp3) is 0.562. The Bertz CT molecular complexity index is 509. The summed E-state index contributed by atoms with van der Waals surface area (Å²) >= 11 is 3.97. The van der Waals surface area contributed by atoms with Crippen molar-refractivity contribution in [3.63, 3.8) is 0 Å². The van der Waals surface area contributed by atoms with Gasteiger partial charge < -0.3 is 11.1 Å². The van der Waals surface area contributed by atoms with Crippen molar-refractivity contribution < 1.29 is 4.79 Å². The normalized spacial score (nSPS) is 25.0. The SMILES string of the molecule is Cl.N[C@@H]1CCC[C@H]1CC(=O)Nc1cccc(C2SCCS2)c1. The van der Waals surface area contributed by atoms with Gasteiger partial charge in [-0.05, 0) is 36.5 Å². The van der Waals surface area contributed by atoms with Crippen molar-refractivity contribution >= 4 is 47.5 Å². The van der Waals surface area contributed by atoms with Gasteiger partial charge in [0.1, 0.15) is 0 Å². The fourth-order valence-electron chi connectivity index (χ4n) is 3.08. The van der Waals surface area contributed by atoms with Crippen LogP contribution < -0.4 is 11.1 Å². The maximum Gasteiger partial charge on any atom is 0.224 e. The topological polar surface area (TPSA) is 55.1 Å². The lowest BCUT2D eigenvalue weighted by Gasteiger charge is -2.15. The van der Waals surface area contributed by atoms with Crippen LogP contribution >= 0.6 is 35.9 Å². The lowest BCUT2D eigenvalue weighted by molar-refractivity contribution is -0.117. The van der Waals surface area contributed by atoms with Gasteiger partial charge >= 0.3 is 0 Å². The molecule has 1 amide bonds. The van der Waals surface area contributed by atoms with E-state index >= 15 is 0 Å². The minimum absolute atomic E-state index is 0. The second kappa shape index (κ2) is 8.48. The van der Waals surface area contributed by atoms with Gasteiger partial charge in [-0.15, -0.1) is 35.9 Å². The number of halogens is 1. The Hall–Kier alpha value is -0.360. The minimum atomic E-state index is 0. The van der Waals surface area contributed by atoms with Gasteiger partial charge in [0.05, 0.1) is 4.58 Å². The first-order valence-corrected chi connectivity index (χ1v) is 9.71. The van der Waals surface area contributed by atoms with Crippen LogP contribution in [0.2, 0.25) is 0 Å². The molecule has 3 nitrogen and oxygen atoms in total. The largest absolute Gasteiger partial charge is 0.327 e. The number of nitrogens with one attached hydrogen (secondary N) is 1. The molecule has 22 heavy (non-hydrogen) atoms. The molecular weight excluding hydrogens is 336 g/mol. The predicted molar refractivity (Wildman–Crippen MR) is 99.9 cm³/mol. The number of anilines is 1. The highest BCUT2D eigenvalue weighted by molar-refractivity contribution is 8.19. The highest BCUT2D eigenvalue weighted by Crippen LogP contribution is 2.45. The predicted octanol–water partition coefficient (Wildman–Crippen LogP) is 4.04. The molecule has 0 unspecified atom stereocenters. The summed E-state index contributed by atoms with van der Waals surface area (Å²) in [6, 6.07) is 8.47. The third-order valence-electron chi connectivity index (χ3n) is 4.23. The van der Waals surface area contributed by atoms with Gasteiger partial charge in [0, 0.05) is 29.7 Å². The molecule has 0 bridgehead atoms. The number of carbonyl (C=O) groups excluding carboxylic acids is 1. The van der Waals surface area contributed by atoms with Gasteiger partial charge in [0.2, 0.25) is 5.91 Å². The minimum Gasteiger partial charge on any atom is -0.327 e. The zero-order valence-electron chi connectivity index (χ0n) is 12.5. The fourth-order valence-corrected chi connectivity index (χ4v) is 5.92. The molecule has 2 atom stereocenters. The maximum atomic E-state index is 12.2. The Balaban J connectivity index is 0.00000176. The summed E-state index contributed by atoms with van der Waals surface area (Å²) in [6.07, 6.45) is 3.86. The number of hydrogen-bond donors (Lipinski definition) is 2. The second-order valence-electron chi connectivity index (χ2n) is 5.81. The van der Waals surface area contributed by atoms with Crippen LogP contribution in [-0.4, -0.2) is 23.5 Å². The summed E-state index contributed by atoms with van der Waals surface area (Å²) in [5.41, 5.74) is 8.26. The molecule has 1 aromatic carbocycles. The van der Waals surface area contributed by atoms with Gasteiger partial charge in [-0.2, -0.15) is 0 Å². The Kier molecular flexibility index (Phi) is 6.93. The first-order valence-electron chi connectivity index (χ1n) is 7.61. The molecule has 1 aliphatic carbocycles. The molecule has 2 fully saturated rings. The summed E-state index contributed by atoms with van der Waals surface area (Å²) in [7, 11) is 0. The Morgan fingerprint density at radius 3 is 2.73 bits per heavy atom. The number of benzene rings is 1. The van der Waals surface area contributed by atoms with Crippen molar-refractivity contribution in [3.05, 3.63) is 29.8 Å². The monoisotopic (exact) mass is 358 g/mol. The average molecular weight is 359 g/mol. The molecule has 1 aliphatic heterocycles. The van der Waals surface area contributed by atoms with Crippen molar-refractivity contribution in [2.45, 2.75) is 36.3 Å². The first-order chi connectivity index (χ1) is 10.2. The first kappa shape index (κ1) is 18.0. The average Bonchev–Trinajstić information content (AvgIpc) is 3.12. The Labute approximate surface area is 147 Å². The van der Waals surface area contributed by atoms with E-state index in [4.69, 9.17) is 5.73 Å². The molecule has 1 heterocycles. The van der Waals surface area contributed by atoms with Crippen LogP contribution in [0.5, 0.6) is 0 Å². The standard InChI is InChI=1S/C16H22N2OS2.ClH/c17-14-6-2-3-11(14)10-15(19)18-13-5-1-4-12(9-13)16-20-7-8-21-16;/h1,4-5,9,11,14,16H,2-3,6-8,10,17H2,(H,18,19);1H/t11-,14+;/m0./s1. The van der Waals surface area contributed by atoms with E-state index < -0.39 is 0 Å². The van der Waals surface area contributed by atoms with Crippen LogP contribution in [0.4, 0.5) is 5.69 Å². The summed E-state index contributed by atoms with van der Waals surface area (Å²) in [4.78, 5) is 12.2. The van der Waals surface area contributed by atoms with Gasteiger partial charge in [-0.25, -0.2) is 0 Å². The van der Waals surface area contributed by atoms with Crippen molar-refractivity contribution in [2.24, 2.45) is 11.7 Å². The highest BCUT2D eigenvalue weighted by Gasteiger charge is 2.26. The van der Waals surface area contributed by atoms with Crippen LogP contribution in [0.1, 0.15) is 35.8 Å². The zero-order chi connectivity index (χ0) is 14.7. The molecule has 1 aromatic rings. The zero-order valence-corrected chi connectivity index (χ0v) is 14.9. The van der Waals surface area contributed by atoms with Crippen LogP contribution in [0.3, 0.4) is 0 Å². The number of thioether (sulfide) groups is 2. The van der Waals surface area contributed by atoms with Crippen LogP contribution in [0, 0.1) is 5.92 Å². The number of amides is 1. The van der Waals surface area contributed by atoms with Gasteiger partial charge in [-0.3, -0.25) is 4.79 Å². The van der Waals surface area contributed by atoms with E-state index in [0.29, 0.717) is 16.9 Å². The molecule has 6 heteroatoms. The third kappa shape index (κ3) is 4.57. The number of hydrogen-bond acceptors (Lipinski definition) is 4. The molecule has 0 spiro atoms. The van der Waals surface area contributed by atoms with Crippen LogP contribution in [0.25, 0.3) is 0 Å². The maximum absolute atomic E-state index is 12.2. The molecule has 0 radical (unpaired) electrons. The van der Waals surface area contributed by atoms with E-state index in [0.717, 1.165) is 24.9 Å². The van der Waals surface area contributed by atoms with E-state index in [1.54, 1.807) is 0 Å². The van der Waals surface area contributed by atoms with E-state index in [1.807, 2.05) is 35.7 Å². The molecule has 3 rings (SSSR count). The smallest absolute Gasteiger partial charge is 0.224 e. The van der Waals surface area contributed by atoms with Gasteiger partial charge in [0.25, 0.3) is 0 Å². The Morgan fingerprint density at radius 1 is 1.27 bits per heavy atom. The van der Waals surface area contributed by atoms with Crippen molar-refractivity contribution in [1.82, 2.24) is 0 Å². The second-order valence-corrected chi connectivity index (χ2v) is 8.53. The number of rotatable bonds is 4. The van der Waals surface area contributed by atoms with E-state index in [-0.39, 0.29) is 24.4 Å². The van der Waals surface area contributed by atoms with E-state index in [2.05, 4.69) is 17.4 Å². The summed E-state index contributed by atoms with van der Waals surface area (Å²) < 4.78 is 0.519. The lowest BCUT2D eigenvalue weighted by atomic mass is 10.00. The molecule has 0 aromatic heterocycles. The molecular formula is C16H23ClN2OS2. The number of nitrogens with two attached hydrogens (primary N) is 1. The van der Waals surface area contributed by atoms with Crippen LogP contribution in [0.15, 0.2) is 24.3 Å². The summed E-state index contributed by atoms with van der Waals surface area (Å²) in [5.74, 6) is 2.88. The molecule has 2 aliphatic rings.